The summed E-state index contributed by atoms with van der Waals surface area (Å²) in [4.78, 5) is 2.69. The first-order valence-electron chi connectivity index (χ1n) is 5.14. The van der Waals surface area contributed by atoms with E-state index in [1.165, 1.54) is 32.4 Å². The van der Waals surface area contributed by atoms with Crippen molar-refractivity contribution in [3.8, 4) is 0 Å². The predicted octanol–water partition coefficient (Wildman–Crippen LogP) is 2.04. The van der Waals surface area contributed by atoms with Crippen LogP contribution in [0.1, 0.15) is 26.2 Å². The van der Waals surface area contributed by atoms with Crippen LogP contribution in [0, 0.1) is 11.8 Å². The minimum atomic E-state index is 0.771. The second kappa shape index (κ2) is 3.59. The van der Waals surface area contributed by atoms with Crippen LogP contribution in [0.5, 0.6) is 0 Å². The molecule has 2 aliphatic rings. The van der Waals surface area contributed by atoms with E-state index in [0.29, 0.717) is 0 Å². The van der Waals surface area contributed by atoms with Gasteiger partial charge in [-0.2, -0.15) is 12.6 Å². The Balaban J connectivity index is 1.82. The Kier molecular flexibility index (Phi) is 2.66. The van der Waals surface area contributed by atoms with Crippen LogP contribution in [0.3, 0.4) is 0 Å². The Morgan fingerprint density at radius 3 is 2.83 bits per heavy atom. The molecule has 0 aromatic heterocycles. The Labute approximate surface area is 80.9 Å². The first kappa shape index (κ1) is 8.89. The third-order valence-electron chi connectivity index (χ3n) is 3.38. The van der Waals surface area contributed by atoms with Gasteiger partial charge in [0.1, 0.15) is 0 Å². The first-order valence-corrected chi connectivity index (χ1v) is 5.77. The normalized spacial score (nSPS) is 37.5. The van der Waals surface area contributed by atoms with Gasteiger partial charge in [-0.1, -0.05) is 6.92 Å². The third-order valence-corrected chi connectivity index (χ3v) is 4.00. The minimum absolute atomic E-state index is 0.771. The van der Waals surface area contributed by atoms with Gasteiger partial charge in [-0.25, -0.2) is 0 Å². The van der Waals surface area contributed by atoms with E-state index in [2.05, 4.69) is 24.5 Å². The minimum Gasteiger partial charge on any atom is -0.300 e. The fourth-order valence-electron chi connectivity index (χ4n) is 2.71. The quantitative estimate of drug-likeness (QED) is 0.659. The molecule has 2 bridgehead atoms. The van der Waals surface area contributed by atoms with Crippen LogP contribution in [-0.4, -0.2) is 29.8 Å². The molecule has 1 saturated heterocycles. The molecule has 0 aromatic rings. The van der Waals surface area contributed by atoms with Gasteiger partial charge in [0.2, 0.25) is 0 Å². The molecule has 2 rings (SSSR count). The first-order chi connectivity index (χ1) is 5.79. The van der Waals surface area contributed by atoms with E-state index in [-0.39, 0.29) is 0 Å². The van der Waals surface area contributed by atoms with Crippen molar-refractivity contribution in [2.24, 2.45) is 11.8 Å². The summed E-state index contributed by atoms with van der Waals surface area (Å²) < 4.78 is 0. The number of nitrogens with zero attached hydrogens (tertiary/aromatic N) is 1. The molecule has 0 spiro atoms. The van der Waals surface area contributed by atoms with E-state index >= 15 is 0 Å². The van der Waals surface area contributed by atoms with E-state index in [9.17, 15) is 0 Å². The van der Waals surface area contributed by atoms with E-state index in [4.69, 9.17) is 0 Å². The molecule has 1 heterocycles. The largest absolute Gasteiger partial charge is 0.300 e. The molecule has 0 amide bonds. The van der Waals surface area contributed by atoms with Gasteiger partial charge in [0.25, 0.3) is 0 Å². The van der Waals surface area contributed by atoms with Crippen LogP contribution >= 0.6 is 12.6 Å². The fraction of sp³-hybridized carbons (Fsp3) is 1.00. The Morgan fingerprint density at radius 2 is 2.33 bits per heavy atom. The Hall–Kier alpha value is 0.310. The van der Waals surface area contributed by atoms with Crippen molar-refractivity contribution in [1.82, 2.24) is 4.90 Å². The summed E-state index contributed by atoms with van der Waals surface area (Å²) in [5.74, 6) is 2.85. The third kappa shape index (κ3) is 1.64. The lowest BCUT2D eigenvalue weighted by molar-refractivity contribution is 0.193. The van der Waals surface area contributed by atoms with Gasteiger partial charge in [-0.3, -0.25) is 4.90 Å². The summed E-state index contributed by atoms with van der Waals surface area (Å²) in [6, 6.07) is 0.942. The second-order valence-corrected chi connectivity index (χ2v) is 4.94. The van der Waals surface area contributed by atoms with Crippen LogP contribution in [0.2, 0.25) is 0 Å². The average Bonchev–Trinajstić information content (AvgIpc) is 2.64. The van der Waals surface area contributed by atoms with Crippen molar-refractivity contribution in [3.63, 3.8) is 0 Å². The SMILES string of the molecule is CC(CS)CN1CC2CCC1C2. The molecular weight excluding hydrogens is 166 g/mol. The van der Waals surface area contributed by atoms with Crippen molar-refractivity contribution in [2.45, 2.75) is 32.2 Å². The number of rotatable bonds is 3. The molecule has 3 unspecified atom stereocenters. The molecule has 0 radical (unpaired) electrons. The average molecular weight is 185 g/mol. The molecule has 1 saturated carbocycles. The molecule has 0 N–H and O–H groups in total. The molecular formula is C10H19NS. The summed E-state index contributed by atoms with van der Waals surface area (Å²) in [7, 11) is 0. The Morgan fingerprint density at radius 1 is 1.50 bits per heavy atom. The van der Waals surface area contributed by atoms with Crippen molar-refractivity contribution in [3.05, 3.63) is 0 Å². The molecule has 0 aromatic carbocycles. The van der Waals surface area contributed by atoms with Crippen LogP contribution in [0.4, 0.5) is 0 Å². The Bertz CT molecular complexity index is 160. The molecule has 2 fully saturated rings. The summed E-state index contributed by atoms with van der Waals surface area (Å²) >= 11 is 4.33. The zero-order valence-electron chi connectivity index (χ0n) is 7.87. The maximum Gasteiger partial charge on any atom is 0.00987 e. The van der Waals surface area contributed by atoms with Crippen LogP contribution in [-0.2, 0) is 0 Å². The number of thiol groups is 1. The summed E-state index contributed by atoms with van der Waals surface area (Å²) in [6.45, 7) is 4.96. The van der Waals surface area contributed by atoms with E-state index in [0.717, 1.165) is 23.6 Å². The molecule has 1 nitrogen and oxygen atoms in total. The number of fused-ring (bicyclic) bond motifs is 2. The number of likely N-dealkylation sites (tertiary alicyclic amines) is 1. The molecule has 70 valence electrons. The highest BCUT2D eigenvalue weighted by atomic mass is 32.1. The lowest BCUT2D eigenvalue weighted by atomic mass is 10.1. The van der Waals surface area contributed by atoms with Gasteiger partial charge in [-0.05, 0) is 36.9 Å². The standard InChI is InChI=1S/C10H19NS/c1-8(7-12)5-11-6-9-2-3-10(11)4-9/h8-10,12H,2-7H2,1H3. The van der Waals surface area contributed by atoms with E-state index in [1.54, 1.807) is 0 Å². The molecule has 12 heavy (non-hydrogen) atoms. The number of hydrogen-bond donors (Lipinski definition) is 1. The lowest BCUT2D eigenvalue weighted by Gasteiger charge is -2.28. The smallest absolute Gasteiger partial charge is 0.00987 e. The van der Waals surface area contributed by atoms with Crippen LogP contribution < -0.4 is 0 Å². The molecule has 2 heteroatoms. The van der Waals surface area contributed by atoms with Crippen molar-refractivity contribution in [2.75, 3.05) is 18.8 Å². The zero-order valence-corrected chi connectivity index (χ0v) is 8.76. The van der Waals surface area contributed by atoms with Gasteiger partial charge in [0, 0.05) is 19.1 Å². The number of piperidine rings is 1. The number of hydrogen-bond acceptors (Lipinski definition) is 2. The topological polar surface area (TPSA) is 3.24 Å². The van der Waals surface area contributed by atoms with Crippen molar-refractivity contribution >= 4 is 12.6 Å². The van der Waals surface area contributed by atoms with Crippen LogP contribution in [0.25, 0.3) is 0 Å². The highest BCUT2D eigenvalue weighted by molar-refractivity contribution is 7.80. The van der Waals surface area contributed by atoms with Gasteiger partial charge >= 0.3 is 0 Å². The molecule has 1 aliphatic carbocycles. The summed E-state index contributed by atoms with van der Waals surface area (Å²) in [5.41, 5.74) is 0. The van der Waals surface area contributed by atoms with Gasteiger partial charge in [0.05, 0.1) is 0 Å². The second-order valence-electron chi connectivity index (χ2n) is 4.57. The van der Waals surface area contributed by atoms with Gasteiger partial charge < -0.3 is 0 Å². The molecule has 1 aliphatic heterocycles. The van der Waals surface area contributed by atoms with Gasteiger partial charge in [-0.15, -0.1) is 0 Å². The highest BCUT2D eigenvalue weighted by Gasteiger charge is 2.37. The monoisotopic (exact) mass is 185 g/mol. The van der Waals surface area contributed by atoms with Crippen LogP contribution in [0.15, 0.2) is 0 Å². The maximum absolute atomic E-state index is 4.33. The summed E-state index contributed by atoms with van der Waals surface area (Å²) in [5, 5.41) is 0. The zero-order chi connectivity index (χ0) is 8.55. The highest BCUT2D eigenvalue weighted by Crippen LogP contribution is 2.37. The predicted molar refractivity (Wildman–Crippen MR) is 55.7 cm³/mol. The van der Waals surface area contributed by atoms with Gasteiger partial charge in [0.15, 0.2) is 0 Å². The fourth-order valence-corrected chi connectivity index (χ4v) is 2.82. The lowest BCUT2D eigenvalue weighted by Crippen LogP contribution is -2.35. The van der Waals surface area contributed by atoms with Crippen molar-refractivity contribution in [1.29, 1.82) is 0 Å². The molecule has 3 atom stereocenters. The van der Waals surface area contributed by atoms with Crippen molar-refractivity contribution < 1.29 is 0 Å². The van der Waals surface area contributed by atoms with E-state index in [1.807, 2.05) is 0 Å². The maximum atomic E-state index is 4.33. The summed E-state index contributed by atoms with van der Waals surface area (Å²) in [6.07, 6.45) is 4.44. The van der Waals surface area contributed by atoms with E-state index < -0.39 is 0 Å².